The average molecular weight is 226 g/mol. The Morgan fingerprint density at radius 2 is 1.94 bits per heavy atom. The van der Waals surface area contributed by atoms with Crippen molar-refractivity contribution in [2.24, 2.45) is 7.05 Å². The van der Waals surface area contributed by atoms with Crippen molar-refractivity contribution in [3.8, 4) is 0 Å². The summed E-state index contributed by atoms with van der Waals surface area (Å²) in [4.78, 5) is 23.1. The molecule has 0 saturated carbocycles. The molecular weight excluding hydrogens is 208 g/mol. The second-order valence-corrected chi connectivity index (χ2v) is 4.66. The summed E-state index contributed by atoms with van der Waals surface area (Å²) >= 11 is 0. The van der Waals surface area contributed by atoms with Crippen LogP contribution in [-0.4, -0.2) is 21.3 Å². The monoisotopic (exact) mass is 226 g/mol. The maximum atomic E-state index is 11.6. The number of hydrogen-bond donors (Lipinski definition) is 0. The second-order valence-electron chi connectivity index (χ2n) is 4.66. The highest BCUT2D eigenvalue weighted by Gasteiger charge is 2.10. The minimum Gasteiger partial charge on any atom is -0.374 e. The molecule has 5 heteroatoms. The molecule has 0 aliphatic carbocycles. The van der Waals surface area contributed by atoms with Gasteiger partial charge in [-0.3, -0.25) is 9.36 Å². The van der Waals surface area contributed by atoms with Crippen molar-refractivity contribution < 1.29 is 4.74 Å². The third kappa shape index (κ3) is 3.34. The molecule has 0 saturated heterocycles. The molecule has 0 atom stereocenters. The van der Waals surface area contributed by atoms with Crippen molar-refractivity contribution in [2.45, 2.75) is 32.9 Å². The van der Waals surface area contributed by atoms with Gasteiger partial charge in [0, 0.05) is 19.3 Å². The van der Waals surface area contributed by atoms with Gasteiger partial charge in [-0.15, -0.1) is 0 Å². The number of nitrogens with zero attached hydrogens (tertiary/aromatic N) is 2. The summed E-state index contributed by atoms with van der Waals surface area (Å²) in [5.41, 5.74) is -0.866. The fraction of sp³-hybridized carbons (Fsp3) is 0.636. The van der Waals surface area contributed by atoms with Crippen molar-refractivity contribution in [1.29, 1.82) is 0 Å². The van der Waals surface area contributed by atoms with Crippen LogP contribution in [0.2, 0.25) is 0 Å². The number of rotatable bonds is 3. The predicted octanol–water partition coefficient (Wildman–Crippen LogP) is 0.362. The molecule has 0 fully saturated rings. The highest BCUT2D eigenvalue weighted by Crippen LogP contribution is 2.05. The molecule has 0 aliphatic rings. The van der Waals surface area contributed by atoms with Crippen LogP contribution in [-0.2, 0) is 18.3 Å². The first-order valence-electron chi connectivity index (χ1n) is 5.22. The summed E-state index contributed by atoms with van der Waals surface area (Å²) in [6.07, 6.45) is 1.46. The van der Waals surface area contributed by atoms with Crippen LogP contribution in [0.15, 0.2) is 21.9 Å². The highest BCUT2D eigenvalue weighted by atomic mass is 16.5. The Balaban J connectivity index is 2.79. The zero-order chi connectivity index (χ0) is 12.3. The van der Waals surface area contributed by atoms with E-state index >= 15 is 0 Å². The second kappa shape index (κ2) is 4.65. The first kappa shape index (κ1) is 12.7. The Labute approximate surface area is 94.3 Å². The lowest BCUT2D eigenvalue weighted by Gasteiger charge is -2.19. The van der Waals surface area contributed by atoms with Gasteiger partial charge >= 0.3 is 5.69 Å². The molecule has 1 rings (SSSR count). The van der Waals surface area contributed by atoms with Crippen LogP contribution in [0.5, 0.6) is 0 Å². The maximum Gasteiger partial charge on any atom is 0.330 e. The lowest BCUT2D eigenvalue weighted by Crippen LogP contribution is -2.39. The zero-order valence-corrected chi connectivity index (χ0v) is 10.2. The Morgan fingerprint density at radius 3 is 2.50 bits per heavy atom. The molecule has 1 heterocycles. The van der Waals surface area contributed by atoms with E-state index in [1.54, 1.807) is 7.05 Å². The molecule has 1 aromatic heterocycles. The van der Waals surface area contributed by atoms with Crippen LogP contribution in [0.4, 0.5) is 0 Å². The van der Waals surface area contributed by atoms with Gasteiger partial charge < -0.3 is 9.30 Å². The molecule has 16 heavy (non-hydrogen) atoms. The van der Waals surface area contributed by atoms with E-state index in [-0.39, 0.29) is 23.4 Å². The Bertz CT molecular complexity index is 465. The summed E-state index contributed by atoms with van der Waals surface area (Å²) in [5.74, 6) is 0. The third-order valence-electron chi connectivity index (χ3n) is 2.09. The van der Waals surface area contributed by atoms with Crippen LogP contribution in [0.25, 0.3) is 0 Å². The van der Waals surface area contributed by atoms with Gasteiger partial charge in [-0.1, -0.05) is 0 Å². The number of ether oxygens (including phenoxy) is 1. The lowest BCUT2D eigenvalue weighted by molar-refractivity contribution is -0.00761. The van der Waals surface area contributed by atoms with Crippen LogP contribution >= 0.6 is 0 Å². The number of hydrogen-bond acceptors (Lipinski definition) is 3. The summed E-state index contributed by atoms with van der Waals surface area (Å²) in [5, 5.41) is 0. The molecule has 0 N–H and O–H groups in total. The average Bonchev–Trinajstić information content (AvgIpc) is 2.16. The van der Waals surface area contributed by atoms with Gasteiger partial charge in [-0.25, -0.2) is 4.79 Å². The Hall–Kier alpha value is -1.36. The largest absolute Gasteiger partial charge is 0.374 e. The maximum absolute atomic E-state index is 11.6. The number of aryl methyl sites for hydroxylation is 1. The molecule has 1 aromatic rings. The van der Waals surface area contributed by atoms with E-state index in [0.29, 0.717) is 6.61 Å². The first-order chi connectivity index (χ1) is 7.31. The van der Waals surface area contributed by atoms with E-state index in [9.17, 15) is 9.59 Å². The van der Waals surface area contributed by atoms with Crippen molar-refractivity contribution in [1.82, 2.24) is 9.13 Å². The van der Waals surface area contributed by atoms with E-state index in [0.717, 1.165) is 0 Å². The molecule has 0 amide bonds. The number of aromatic nitrogens is 2. The van der Waals surface area contributed by atoms with Gasteiger partial charge in [0.05, 0.1) is 18.8 Å². The van der Waals surface area contributed by atoms with E-state index in [4.69, 9.17) is 4.74 Å². The normalized spacial score (nSPS) is 11.8. The Kier molecular flexibility index (Phi) is 3.70. The van der Waals surface area contributed by atoms with Crippen LogP contribution in [0.1, 0.15) is 20.8 Å². The SMILES string of the molecule is Cn1ccc(=O)n(CCOC(C)(C)C)c1=O. The fourth-order valence-electron chi connectivity index (χ4n) is 1.26. The summed E-state index contributed by atoms with van der Waals surface area (Å²) < 4.78 is 8.02. The Morgan fingerprint density at radius 1 is 1.31 bits per heavy atom. The summed E-state index contributed by atoms with van der Waals surface area (Å²) in [6, 6.07) is 1.37. The minimum atomic E-state index is -0.315. The first-order valence-corrected chi connectivity index (χ1v) is 5.22. The summed E-state index contributed by atoms with van der Waals surface area (Å²) in [7, 11) is 1.61. The van der Waals surface area contributed by atoms with E-state index < -0.39 is 0 Å². The third-order valence-corrected chi connectivity index (χ3v) is 2.09. The van der Waals surface area contributed by atoms with Crippen molar-refractivity contribution in [2.75, 3.05) is 6.61 Å². The molecule has 0 aliphatic heterocycles. The molecule has 0 bridgehead atoms. The molecule has 0 spiro atoms. The smallest absolute Gasteiger partial charge is 0.330 e. The topological polar surface area (TPSA) is 53.2 Å². The fourth-order valence-corrected chi connectivity index (χ4v) is 1.26. The molecular formula is C11H18N2O3. The van der Waals surface area contributed by atoms with E-state index in [1.807, 2.05) is 20.8 Å². The van der Waals surface area contributed by atoms with Gasteiger partial charge in [0.1, 0.15) is 0 Å². The van der Waals surface area contributed by atoms with Crippen LogP contribution < -0.4 is 11.2 Å². The predicted molar refractivity (Wildman–Crippen MR) is 61.6 cm³/mol. The van der Waals surface area contributed by atoms with Crippen molar-refractivity contribution in [3.63, 3.8) is 0 Å². The zero-order valence-electron chi connectivity index (χ0n) is 10.2. The molecule has 0 radical (unpaired) electrons. The lowest BCUT2D eigenvalue weighted by atomic mass is 10.2. The van der Waals surface area contributed by atoms with E-state index in [2.05, 4.69) is 0 Å². The van der Waals surface area contributed by atoms with Gasteiger partial charge in [0.15, 0.2) is 0 Å². The van der Waals surface area contributed by atoms with Crippen LogP contribution in [0.3, 0.4) is 0 Å². The van der Waals surface area contributed by atoms with Gasteiger partial charge in [0.25, 0.3) is 5.56 Å². The minimum absolute atomic E-state index is 0.260. The highest BCUT2D eigenvalue weighted by molar-refractivity contribution is 4.85. The van der Waals surface area contributed by atoms with Gasteiger partial charge in [-0.2, -0.15) is 0 Å². The molecule has 0 unspecified atom stereocenters. The quantitative estimate of drug-likeness (QED) is 0.748. The van der Waals surface area contributed by atoms with Crippen molar-refractivity contribution in [3.05, 3.63) is 33.1 Å². The molecule has 0 aromatic carbocycles. The summed E-state index contributed by atoms with van der Waals surface area (Å²) in [6.45, 7) is 6.42. The van der Waals surface area contributed by atoms with Crippen molar-refractivity contribution >= 4 is 0 Å². The molecule has 5 nitrogen and oxygen atoms in total. The van der Waals surface area contributed by atoms with Gasteiger partial charge in [-0.05, 0) is 20.8 Å². The molecule has 90 valence electrons. The van der Waals surface area contributed by atoms with E-state index in [1.165, 1.54) is 21.4 Å². The standard InChI is InChI=1S/C11H18N2O3/c1-11(2,3)16-8-7-13-9(14)5-6-12(4)10(13)15/h5-6H,7-8H2,1-4H3. The van der Waals surface area contributed by atoms with Gasteiger partial charge in [0.2, 0.25) is 0 Å². The van der Waals surface area contributed by atoms with Crippen LogP contribution in [0, 0.1) is 0 Å².